The van der Waals surface area contributed by atoms with Crippen molar-refractivity contribution in [2.24, 2.45) is 10.9 Å². The maximum atomic E-state index is 12.1. The smallest absolute Gasteiger partial charge is 0.219 e. The Morgan fingerprint density at radius 1 is 1.09 bits per heavy atom. The van der Waals surface area contributed by atoms with Crippen LogP contribution in [0.1, 0.15) is 16.8 Å². The molecular formula is C18H17NO2S. The number of hydrogen-bond donors (Lipinski definition) is 0. The summed E-state index contributed by atoms with van der Waals surface area (Å²) in [4.78, 5) is 16.7. The lowest BCUT2D eigenvalue weighted by molar-refractivity contribution is 0.108. The molecule has 1 fully saturated rings. The standard InChI is InChI=1S/C18H17NO2S/c20-18(14-7-3-1-4-8-14)22-13-15-11-12-21-17(15)19-16-9-5-2-6-10-16/h1-10,15H,11-13H2. The monoisotopic (exact) mass is 311 g/mol. The highest BCUT2D eigenvalue weighted by molar-refractivity contribution is 8.14. The maximum absolute atomic E-state index is 12.1. The van der Waals surface area contributed by atoms with Gasteiger partial charge in [-0.2, -0.15) is 0 Å². The molecule has 0 spiro atoms. The number of thioether (sulfide) groups is 1. The molecule has 0 saturated carbocycles. The summed E-state index contributed by atoms with van der Waals surface area (Å²) in [5.74, 6) is 1.66. The first-order valence-electron chi connectivity index (χ1n) is 7.31. The van der Waals surface area contributed by atoms with Crippen LogP contribution in [-0.4, -0.2) is 23.4 Å². The molecule has 1 aliphatic rings. The van der Waals surface area contributed by atoms with Crippen LogP contribution in [0.15, 0.2) is 65.7 Å². The Bertz CT molecular complexity index is 655. The van der Waals surface area contributed by atoms with E-state index in [1.165, 1.54) is 11.8 Å². The fourth-order valence-corrected chi connectivity index (χ4v) is 3.25. The lowest BCUT2D eigenvalue weighted by atomic mass is 10.1. The molecule has 3 nitrogen and oxygen atoms in total. The summed E-state index contributed by atoms with van der Waals surface area (Å²) in [6.45, 7) is 0.677. The largest absolute Gasteiger partial charge is 0.480 e. The third-order valence-corrected chi connectivity index (χ3v) is 4.55. The van der Waals surface area contributed by atoms with Gasteiger partial charge in [-0.15, -0.1) is 0 Å². The lowest BCUT2D eigenvalue weighted by Crippen LogP contribution is -2.12. The van der Waals surface area contributed by atoms with Crippen LogP contribution in [0.3, 0.4) is 0 Å². The average Bonchev–Trinajstić information content (AvgIpc) is 3.01. The van der Waals surface area contributed by atoms with Gasteiger partial charge in [0.2, 0.25) is 5.12 Å². The fraction of sp³-hybridized carbons (Fsp3) is 0.222. The third-order valence-electron chi connectivity index (χ3n) is 3.49. The van der Waals surface area contributed by atoms with Crippen molar-refractivity contribution in [3.8, 4) is 0 Å². The third kappa shape index (κ3) is 3.77. The summed E-state index contributed by atoms with van der Waals surface area (Å²) >= 11 is 1.34. The minimum absolute atomic E-state index is 0.103. The van der Waals surface area contributed by atoms with Crippen LogP contribution in [0.4, 0.5) is 5.69 Å². The summed E-state index contributed by atoms with van der Waals surface area (Å²) in [6.07, 6.45) is 0.917. The van der Waals surface area contributed by atoms with Crippen LogP contribution in [0.25, 0.3) is 0 Å². The van der Waals surface area contributed by atoms with E-state index < -0.39 is 0 Å². The first-order valence-corrected chi connectivity index (χ1v) is 8.30. The van der Waals surface area contributed by atoms with Gasteiger partial charge in [0, 0.05) is 17.2 Å². The molecule has 2 aromatic carbocycles. The number of carbonyl (C=O) groups excluding carboxylic acids is 1. The number of para-hydroxylation sites is 1. The second kappa shape index (κ2) is 7.27. The SMILES string of the molecule is O=C(SCC1CCOC1=Nc1ccccc1)c1ccccc1. The summed E-state index contributed by atoms with van der Waals surface area (Å²) in [5.41, 5.74) is 1.64. The van der Waals surface area contributed by atoms with Gasteiger partial charge < -0.3 is 4.74 Å². The molecule has 0 aliphatic carbocycles. The van der Waals surface area contributed by atoms with E-state index in [0.29, 0.717) is 12.4 Å². The molecule has 112 valence electrons. The van der Waals surface area contributed by atoms with Gasteiger partial charge >= 0.3 is 0 Å². The van der Waals surface area contributed by atoms with Crippen molar-refractivity contribution in [1.29, 1.82) is 0 Å². The Balaban J connectivity index is 1.62. The number of nitrogens with zero attached hydrogens (tertiary/aromatic N) is 1. The van der Waals surface area contributed by atoms with Crippen LogP contribution in [0, 0.1) is 5.92 Å². The van der Waals surface area contributed by atoms with Crippen LogP contribution >= 0.6 is 11.8 Å². The molecule has 22 heavy (non-hydrogen) atoms. The highest BCUT2D eigenvalue weighted by atomic mass is 32.2. The molecule has 1 saturated heterocycles. The number of hydrogen-bond acceptors (Lipinski definition) is 4. The van der Waals surface area contributed by atoms with Crippen LogP contribution in [0.2, 0.25) is 0 Å². The van der Waals surface area contributed by atoms with E-state index >= 15 is 0 Å². The number of aliphatic imine (C=N–C) groups is 1. The van der Waals surface area contributed by atoms with Gasteiger partial charge in [-0.05, 0) is 18.6 Å². The zero-order valence-corrected chi connectivity index (χ0v) is 13.0. The van der Waals surface area contributed by atoms with E-state index in [9.17, 15) is 4.79 Å². The Kier molecular flexibility index (Phi) is 4.91. The molecule has 0 amide bonds. The van der Waals surface area contributed by atoms with Crippen molar-refractivity contribution in [1.82, 2.24) is 0 Å². The van der Waals surface area contributed by atoms with Gasteiger partial charge in [0.05, 0.1) is 12.3 Å². The molecule has 0 radical (unpaired) electrons. The highest BCUT2D eigenvalue weighted by Gasteiger charge is 2.25. The molecule has 0 aromatic heterocycles. The molecular weight excluding hydrogens is 294 g/mol. The Labute approximate surface area is 134 Å². The molecule has 0 bridgehead atoms. The summed E-state index contributed by atoms with van der Waals surface area (Å²) in [6, 6.07) is 19.2. The quantitative estimate of drug-likeness (QED) is 0.843. The summed E-state index contributed by atoms with van der Waals surface area (Å²) in [7, 11) is 0. The average molecular weight is 311 g/mol. The van der Waals surface area contributed by atoms with Crippen molar-refractivity contribution < 1.29 is 9.53 Å². The van der Waals surface area contributed by atoms with Crippen molar-refractivity contribution in [2.45, 2.75) is 6.42 Å². The van der Waals surface area contributed by atoms with Gasteiger partial charge in [0.25, 0.3) is 0 Å². The molecule has 1 aliphatic heterocycles. The summed E-state index contributed by atoms with van der Waals surface area (Å²) in [5, 5.41) is 0.103. The fourth-order valence-electron chi connectivity index (χ4n) is 2.29. The Hall–Kier alpha value is -2.07. The van der Waals surface area contributed by atoms with Crippen LogP contribution in [0.5, 0.6) is 0 Å². The van der Waals surface area contributed by atoms with Gasteiger partial charge in [-0.3, -0.25) is 4.79 Å². The molecule has 2 aromatic rings. The normalized spacial score (nSPS) is 19.1. The lowest BCUT2D eigenvalue weighted by Gasteiger charge is -2.08. The Morgan fingerprint density at radius 3 is 2.50 bits per heavy atom. The maximum Gasteiger partial charge on any atom is 0.219 e. The first-order chi connectivity index (χ1) is 10.8. The van der Waals surface area contributed by atoms with E-state index in [0.717, 1.165) is 23.6 Å². The minimum atomic E-state index is 0.103. The molecule has 1 unspecified atom stereocenters. The van der Waals surface area contributed by atoms with Gasteiger partial charge in [0.15, 0.2) is 5.90 Å². The number of carbonyl (C=O) groups is 1. The van der Waals surface area contributed by atoms with Crippen LogP contribution < -0.4 is 0 Å². The number of ether oxygens (including phenoxy) is 1. The molecule has 1 heterocycles. The molecule has 0 N–H and O–H groups in total. The van der Waals surface area contributed by atoms with E-state index in [1.54, 1.807) is 0 Å². The van der Waals surface area contributed by atoms with E-state index in [2.05, 4.69) is 4.99 Å². The molecule has 3 rings (SSSR count). The van der Waals surface area contributed by atoms with Gasteiger partial charge in [0.1, 0.15) is 0 Å². The van der Waals surface area contributed by atoms with Crippen molar-refractivity contribution in [2.75, 3.05) is 12.4 Å². The molecule has 4 heteroatoms. The Morgan fingerprint density at radius 2 is 1.77 bits per heavy atom. The van der Waals surface area contributed by atoms with Crippen molar-refractivity contribution >= 4 is 28.5 Å². The molecule has 1 atom stereocenters. The number of rotatable bonds is 4. The topological polar surface area (TPSA) is 38.7 Å². The van der Waals surface area contributed by atoms with E-state index in [-0.39, 0.29) is 11.0 Å². The van der Waals surface area contributed by atoms with E-state index in [1.807, 2.05) is 60.7 Å². The zero-order chi connectivity index (χ0) is 15.2. The predicted octanol–water partition coefficient (Wildman–Crippen LogP) is 4.33. The predicted molar refractivity (Wildman–Crippen MR) is 90.8 cm³/mol. The van der Waals surface area contributed by atoms with Gasteiger partial charge in [-0.25, -0.2) is 4.99 Å². The second-order valence-corrected chi connectivity index (χ2v) is 6.08. The van der Waals surface area contributed by atoms with Gasteiger partial charge in [-0.1, -0.05) is 60.3 Å². The van der Waals surface area contributed by atoms with Crippen LogP contribution in [-0.2, 0) is 4.74 Å². The number of benzene rings is 2. The minimum Gasteiger partial charge on any atom is -0.480 e. The van der Waals surface area contributed by atoms with E-state index in [4.69, 9.17) is 4.74 Å². The first kappa shape index (κ1) is 14.9. The highest BCUT2D eigenvalue weighted by Crippen LogP contribution is 2.25. The van der Waals surface area contributed by atoms with Crippen molar-refractivity contribution in [3.63, 3.8) is 0 Å². The summed E-state index contributed by atoms with van der Waals surface area (Å²) < 4.78 is 5.63. The second-order valence-electron chi connectivity index (χ2n) is 5.08. The zero-order valence-electron chi connectivity index (χ0n) is 12.1. The van der Waals surface area contributed by atoms with Crippen molar-refractivity contribution in [3.05, 3.63) is 66.2 Å².